The Balaban J connectivity index is 2.05. The Bertz CT molecular complexity index is 890. The summed E-state index contributed by atoms with van der Waals surface area (Å²) < 4.78 is 32.2. The first-order valence-electron chi connectivity index (χ1n) is 7.74. The second kappa shape index (κ2) is 6.28. The molecule has 24 heavy (non-hydrogen) atoms. The molecule has 0 saturated carbocycles. The maximum absolute atomic E-state index is 13.1. The van der Waals surface area contributed by atoms with Gasteiger partial charge in [0, 0.05) is 6.54 Å². The van der Waals surface area contributed by atoms with Gasteiger partial charge >= 0.3 is 5.97 Å². The molecule has 0 radical (unpaired) electrons. The molecule has 126 valence electrons. The summed E-state index contributed by atoms with van der Waals surface area (Å²) in [5.41, 5.74) is 3.09. The smallest absolute Gasteiger partial charge is 0.337 e. The van der Waals surface area contributed by atoms with Crippen molar-refractivity contribution in [3.05, 3.63) is 59.2 Å². The zero-order valence-corrected chi connectivity index (χ0v) is 14.5. The van der Waals surface area contributed by atoms with Crippen LogP contribution < -0.4 is 4.31 Å². The van der Waals surface area contributed by atoms with Gasteiger partial charge in [-0.05, 0) is 49.6 Å². The number of anilines is 1. The number of ether oxygens (including phenoxy) is 1. The first-order chi connectivity index (χ1) is 11.4. The molecule has 0 aromatic heterocycles. The number of hydrogen-bond acceptors (Lipinski definition) is 4. The zero-order chi connectivity index (χ0) is 17.3. The lowest BCUT2D eigenvalue weighted by molar-refractivity contribution is 0.0600. The minimum absolute atomic E-state index is 0.0961. The van der Waals surface area contributed by atoms with Crippen LogP contribution in [0.4, 0.5) is 5.69 Å². The van der Waals surface area contributed by atoms with E-state index < -0.39 is 16.0 Å². The highest BCUT2D eigenvalue weighted by molar-refractivity contribution is 7.92. The highest BCUT2D eigenvalue weighted by Crippen LogP contribution is 2.32. The van der Waals surface area contributed by atoms with E-state index in [1.54, 1.807) is 12.1 Å². The van der Waals surface area contributed by atoms with E-state index in [1.165, 1.54) is 23.5 Å². The number of carbonyl (C=O) groups excluding carboxylic acids is 1. The van der Waals surface area contributed by atoms with E-state index >= 15 is 0 Å². The van der Waals surface area contributed by atoms with Crippen molar-refractivity contribution in [2.24, 2.45) is 0 Å². The van der Waals surface area contributed by atoms with Crippen LogP contribution in [-0.2, 0) is 21.2 Å². The first-order valence-corrected chi connectivity index (χ1v) is 9.18. The molecule has 0 saturated heterocycles. The molecule has 2 aromatic carbocycles. The molecule has 0 fully saturated rings. The summed E-state index contributed by atoms with van der Waals surface area (Å²) in [5, 5.41) is 0. The average Bonchev–Trinajstić information content (AvgIpc) is 2.60. The number of sulfonamides is 1. The van der Waals surface area contributed by atoms with Gasteiger partial charge in [0.1, 0.15) is 0 Å². The Morgan fingerprint density at radius 2 is 1.96 bits per heavy atom. The van der Waals surface area contributed by atoms with E-state index in [9.17, 15) is 13.2 Å². The number of esters is 1. The van der Waals surface area contributed by atoms with Gasteiger partial charge in [0.05, 0.1) is 23.3 Å². The third-order valence-corrected chi connectivity index (χ3v) is 5.96. The molecule has 0 aliphatic carbocycles. The van der Waals surface area contributed by atoms with Gasteiger partial charge in [-0.3, -0.25) is 4.31 Å². The second-order valence-corrected chi connectivity index (χ2v) is 7.69. The van der Waals surface area contributed by atoms with Crippen LogP contribution in [0.3, 0.4) is 0 Å². The molecule has 6 heteroatoms. The molecule has 0 atom stereocenters. The molecule has 3 rings (SSSR count). The molecule has 1 heterocycles. The number of nitrogens with zero attached hydrogens (tertiary/aromatic N) is 1. The Kier molecular flexibility index (Phi) is 4.32. The normalized spacial score (nSPS) is 14.2. The Labute approximate surface area is 141 Å². The molecule has 1 aliphatic heterocycles. The highest BCUT2D eigenvalue weighted by atomic mass is 32.2. The Morgan fingerprint density at radius 1 is 1.17 bits per heavy atom. The lowest BCUT2D eigenvalue weighted by Gasteiger charge is -2.30. The summed E-state index contributed by atoms with van der Waals surface area (Å²) >= 11 is 0. The van der Waals surface area contributed by atoms with Crippen molar-refractivity contribution in [1.29, 1.82) is 0 Å². The van der Waals surface area contributed by atoms with Crippen LogP contribution >= 0.6 is 0 Å². The van der Waals surface area contributed by atoms with Crippen molar-refractivity contribution in [2.45, 2.75) is 24.7 Å². The number of hydrogen-bond donors (Lipinski definition) is 0. The summed E-state index contributed by atoms with van der Waals surface area (Å²) in [6.45, 7) is 2.43. The van der Waals surface area contributed by atoms with Crippen LogP contribution in [0.25, 0.3) is 0 Å². The van der Waals surface area contributed by atoms with E-state index in [1.807, 2.05) is 25.1 Å². The van der Waals surface area contributed by atoms with E-state index in [-0.39, 0.29) is 10.5 Å². The summed E-state index contributed by atoms with van der Waals surface area (Å²) in [6, 6.07) is 11.8. The summed E-state index contributed by atoms with van der Waals surface area (Å²) in [5.74, 6) is -0.554. The summed E-state index contributed by atoms with van der Waals surface area (Å²) in [4.78, 5) is 11.8. The number of rotatable bonds is 3. The summed E-state index contributed by atoms with van der Waals surface area (Å²) in [6.07, 6.45) is 1.64. The molecule has 0 N–H and O–H groups in total. The van der Waals surface area contributed by atoms with Crippen molar-refractivity contribution in [2.75, 3.05) is 18.0 Å². The van der Waals surface area contributed by atoms with Crippen LogP contribution in [0, 0.1) is 6.92 Å². The Hall–Kier alpha value is -2.34. The van der Waals surface area contributed by atoms with Gasteiger partial charge in [-0.1, -0.05) is 23.8 Å². The lowest BCUT2D eigenvalue weighted by Crippen LogP contribution is -2.35. The Morgan fingerprint density at radius 3 is 2.71 bits per heavy atom. The van der Waals surface area contributed by atoms with Crippen LogP contribution in [0.1, 0.15) is 27.9 Å². The van der Waals surface area contributed by atoms with Crippen LogP contribution in [-0.4, -0.2) is 28.0 Å². The van der Waals surface area contributed by atoms with Crippen molar-refractivity contribution in [3.8, 4) is 0 Å². The fourth-order valence-electron chi connectivity index (χ4n) is 2.97. The first kappa shape index (κ1) is 16.5. The quantitative estimate of drug-likeness (QED) is 0.803. The predicted molar refractivity (Wildman–Crippen MR) is 91.8 cm³/mol. The van der Waals surface area contributed by atoms with Gasteiger partial charge in [-0.2, -0.15) is 0 Å². The molecule has 5 nitrogen and oxygen atoms in total. The summed E-state index contributed by atoms with van der Waals surface area (Å²) in [7, 11) is -2.46. The van der Waals surface area contributed by atoms with Crippen molar-refractivity contribution in [3.63, 3.8) is 0 Å². The van der Waals surface area contributed by atoms with E-state index in [0.29, 0.717) is 6.54 Å². The predicted octanol–water partition coefficient (Wildman–Crippen LogP) is 2.92. The van der Waals surface area contributed by atoms with Gasteiger partial charge in [0.25, 0.3) is 10.0 Å². The second-order valence-electron chi connectivity index (χ2n) is 5.83. The van der Waals surface area contributed by atoms with Gasteiger partial charge < -0.3 is 4.74 Å². The molecular formula is C18H19NO4S. The van der Waals surface area contributed by atoms with Crippen molar-refractivity contribution < 1.29 is 17.9 Å². The van der Waals surface area contributed by atoms with Crippen molar-refractivity contribution in [1.82, 2.24) is 0 Å². The van der Waals surface area contributed by atoms with Crippen LogP contribution in [0.5, 0.6) is 0 Å². The molecule has 2 aromatic rings. The van der Waals surface area contributed by atoms with Crippen molar-refractivity contribution >= 4 is 21.7 Å². The molecule has 0 amide bonds. The minimum atomic E-state index is -3.73. The van der Waals surface area contributed by atoms with E-state index in [4.69, 9.17) is 0 Å². The van der Waals surface area contributed by atoms with E-state index in [2.05, 4.69) is 4.74 Å². The average molecular weight is 345 g/mol. The molecular weight excluding hydrogens is 326 g/mol. The molecule has 0 unspecified atom stereocenters. The van der Waals surface area contributed by atoms with Gasteiger partial charge in [0.15, 0.2) is 0 Å². The number of methoxy groups -OCH3 is 1. The maximum atomic E-state index is 13.1. The highest BCUT2D eigenvalue weighted by Gasteiger charge is 2.29. The number of benzene rings is 2. The standard InChI is InChI=1S/C18H19NO4S/c1-13-8-9-17-14(11-13)6-4-10-19(17)24(21,22)16-7-3-5-15(12-16)18(20)23-2/h3,5,7-9,11-12H,4,6,10H2,1-2H3. The molecule has 0 bridgehead atoms. The van der Waals surface area contributed by atoms with Crippen LogP contribution in [0.2, 0.25) is 0 Å². The van der Waals surface area contributed by atoms with Gasteiger partial charge in [-0.15, -0.1) is 0 Å². The van der Waals surface area contributed by atoms with Gasteiger partial charge in [-0.25, -0.2) is 13.2 Å². The lowest BCUT2D eigenvalue weighted by atomic mass is 10.0. The number of fused-ring (bicyclic) bond motifs is 1. The fourth-order valence-corrected chi connectivity index (χ4v) is 4.56. The van der Waals surface area contributed by atoms with Crippen LogP contribution in [0.15, 0.2) is 47.4 Å². The fraction of sp³-hybridized carbons (Fsp3) is 0.278. The maximum Gasteiger partial charge on any atom is 0.337 e. The zero-order valence-electron chi connectivity index (χ0n) is 13.7. The number of carbonyl (C=O) groups is 1. The molecule has 0 spiro atoms. The number of aryl methyl sites for hydroxylation is 2. The monoisotopic (exact) mass is 345 g/mol. The largest absolute Gasteiger partial charge is 0.465 e. The molecule has 1 aliphatic rings. The topological polar surface area (TPSA) is 63.7 Å². The van der Waals surface area contributed by atoms with Gasteiger partial charge in [0.2, 0.25) is 0 Å². The minimum Gasteiger partial charge on any atom is -0.465 e. The SMILES string of the molecule is COC(=O)c1cccc(S(=O)(=O)N2CCCc3cc(C)ccc32)c1. The van der Waals surface area contributed by atoms with E-state index in [0.717, 1.165) is 29.7 Å². The third-order valence-electron chi connectivity index (χ3n) is 4.15. The third kappa shape index (κ3) is 2.89.